The van der Waals surface area contributed by atoms with E-state index >= 15 is 0 Å². The second-order valence-corrected chi connectivity index (χ2v) is 8.99. The van der Waals surface area contributed by atoms with Crippen LogP contribution in [0.4, 0.5) is 5.69 Å². The molecular formula is C16H19N5O2S2. The van der Waals surface area contributed by atoms with Gasteiger partial charge in [0.25, 0.3) is 0 Å². The smallest absolute Gasteiger partial charge is 0.238 e. The van der Waals surface area contributed by atoms with E-state index in [2.05, 4.69) is 20.6 Å². The second-order valence-electron chi connectivity index (χ2n) is 6.28. The minimum Gasteiger partial charge on any atom is -0.297 e. The molecule has 7 nitrogen and oxygen atoms in total. The molecule has 0 aliphatic carbocycles. The number of hydrazine groups is 1. The zero-order chi connectivity index (χ0) is 17.6. The third-order valence-corrected chi connectivity index (χ3v) is 7.22. The van der Waals surface area contributed by atoms with Gasteiger partial charge in [-0.15, -0.1) is 11.3 Å². The van der Waals surface area contributed by atoms with Crippen molar-refractivity contribution in [3.63, 3.8) is 0 Å². The van der Waals surface area contributed by atoms with Gasteiger partial charge < -0.3 is 0 Å². The van der Waals surface area contributed by atoms with Crippen molar-refractivity contribution >= 4 is 32.0 Å². The Kier molecular flexibility index (Phi) is 4.03. The fourth-order valence-electron chi connectivity index (χ4n) is 3.24. The molecule has 1 aromatic carbocycles. The number of thiazole rings is 1. The predicted octanol–water partition coefficient (Wildman–Crippen LogP) is 2.06. The van der Waals surface area contributed by atoms with Crippen LogP contribution in [-0.4, -0.2) is 35.1 Å². The number of sulfonamides is 1. The first kappa shape index (κ1) is 16.5. The van der Waals surface area contributed by atoms with Crippen LogP contribution in [0.3, 0.4) is 0 Å². The van der Waals surface area contributed by atoms with Crippen molar-refractivity contribution < 1.29 is 8.42 Å². The van der Waals surface area contributed by atoms with Crippen molar-refractivity contribution in [2.24, 2.45) is 0 Å². The molecule has 1 saturated heterocycles. The van der Waals surface area contributed by atoms with Crippen LogP contribution in [-0.2, 0) is 10.0 Å². The highest BCUT2D eigenvalue weighted by Gasteiger charge is 2.40. The van der Waals surface area contributed by atoms with Gasteiger partial charge in [0.05, 0.1) is 5.69 Å². The normalized spacial score (nSPS) is 24.0. The van der Waals surface area contributed by atoms with Gasteiger partial charge in [-0.3, -0.25) is 20.0 Å². The van der Waals surface area contributed by atoms with Gasteiger partial charge in [0, 0.05) is 41.1 Å². The summed E-state index contributed by atoms with van der Waals surface area (Å²) in [6, 6.07) is 6.98. The summed E-state index contributed by atoms with van der Waals surface area (Å²) in [5.41, 5.74) is 8.19. The molecule has 0 radical (unpaired) electrons. The first-order valence-electron chi connectivity index (χ1n) is 7.99. The topological polar surface area (TPSA) is 87.5 Å². The van der Waals surface area contributed by atoms with E-state index in [1.807, 2.05) is 54.2 Å². The van der Waals surface area contributed by atoms with Crippen LogP contribution in [0.2, 0.25) is 0 Å². The molecule has 0 amide bonds. The quantitative estimate of drug-likeness (QED) is 0.648. The summed E-state index contributed by atoms with van der Waals surface area (Å²) in [5, 5.41) is 1.43. The van der Waals surface area contributed by atoms with Crippen LogP contribution < -0.4 is 15.6 Å². The zero-order valence-corrected chi connectivity index (χ0v) is 15.4. The van der Waals surface area contributed by atoms with Gasteiger partial charge in [-0.05, 0) is 26.0 Å². The summed E-state index contributed by atoms with van der Waals surface area (Å²) in [5.74, 6) is 0. The van der Waals surface area contributed by atoms with E-state index in [0.29, 0.717) is 5.69 Å². The average Bonchev–Trinajstić information content (AvgIpc) is 3.22. The highest BCUT2D eigenvalue weighted by molar-refractivity contribution is 7.93. The van der Waals surface area contributed by atoms with Crippen molar-refractivity contribution in [3.8, 4) is 11.3 Å². The molecule has 2 atom stereocenters. The number of hydrogen-bond donors (Lipinski definition) is 3. The van der Waals surface area contributed by atoms with E-state index in [1.165, 1.54) is 0 Å². The molecule has 9 heteroatoms. The molecule has 1 aliphatic rings. The lowest BCUT2D eigenvalue weighted by molar-refractivity contribution is 0.564. The van der Waals surface area contributed by atoms with E-state index in [0.717, 1.165) is 16.2 Å². The van der Waals surface area contributed by atoms with Crippen molar-refractivity contribution in [1.82, 2.24) is 20.2 Å². The molecule has 0 spiro atoms. The largest absolute Gasteiger partial charge is 0.297 e. The summed E-state index contributed by atoms with van der Waals surface area (Å²) in [4.78, 5) is 5.48. The molecule has 3 N–H and O–H groups in total. The maximum absolute atomic E-state index is 12.8. The number of aromatic nitrogens is 2. The van der Waals surface area contributed by atoms with Crippen LogP contribution in [0.5, 0.6) is 0 Å². The van der Waals surface area contributed by atoms with Gasteiger partial charge >= 0.3 is 0 Å². The van der Waals surface area contributed by atoms with Crippen molar-refractivity contribution in [2.45, 2.75) is 31.2 Å². The summed E-state index contributed by atoms with van der Waals surface area (Å²) in [7, 11) is -3.52. The van der Waals surface area contributed by atoms with Crippen molar-refractivity contribution in [1.29, 1.82) is 0 Å². The molecule has 2 aromatic heterocycles. The lowest BCUT2D eigenvalue weighted by atomic mass is 10.1. The van der Waals surface area contributed by atoms with E-state index in [-0.39, 0.29) is 12.1 Å². The Morgan fingerprint density at radius 3 is 2.72 bits per heavy atom. The summed E-state index contributed by atoms with van der Waals surface area (Å²) in [6.07, 6.45) is 3.89. The molecule has 1 fully saturated rings. The Balaban J connectivity index is 1.62. The van der Waals surface area contributed by atoms with Gasteiger partial charge in [0.2, 0.25) is 10.0 Å². The third kappa shape index (κ3) is 3.04. The average molecular weight is 377 g/mol. The number of imidazole rings is 1. The number of rotatable bonds is 4. The minimum atomic E-state index is -3.52. The van der Waals surface area contributed by atoms with E-state index in [4.69, 9.17) is 0 Å². The van der Waals surface area contributed by atoms with Crippen LogP contribution in [0.25, 0.3) is 16.2 Å². The Morgan fingerprint density at radius 1 is 1.24 bits per heavy atom. The summed E-state index contributed by atoms with van der Waals surface area (Å²) < 4.78 is 30.2. The Hall–Kier alpha value is -1.94. The monoisotopic (exact) mass is 377 g/mol. The van der Waals surface area contributed by atoms with Gasteiger partial charge in [-0.25, -0.2) is 13.4 Å². The second kappa shape index (κ2) is 6.10. The van der Waals surface area contributed by atoms with Crippen LogP contribution in [0.1, 0.15) is 13.8 Å². The molecule has 2 unspecified atom stereocenters. The predicted molar refractivity (Wildman–Crippen MR) is 100 cm³/mol. The van der Waals surface area contributed by atoms with Gasteiger partial charge in [0.1, 0.15) is 5.25 Å². The standard InChI is InChI=1S/C16H19N5O2S2/c1-10-15(11(2)19-18-10)25(22,23)20-13-5-3-4-12(8-13)14-9-21-6-7-24-16(21)17-14/h3-11,15,18-20H,1-2H3. The van der Waals surface area contributed by atoms with Crippen molar-refractivity contribution in [2.75, 3.05) is 4.72 Å². The molecule has 0 bridgehead atoms. The molecule has 0 saturated carbocycles. The minimum absolute atomic E-state index is 0.171. The lowest BCUT2D eigenvalue weighted by Crippen LogP contribution is -2.41. The fourth-order valence-corrected chi connectivity index (χ4v) is 5.74. The van der Waals surface area contributed by atoms with E-state index in [1.54, 1.807) is 17.4 Å². The van der Waals surface area contributed by atoms with Crippen LogP contribution in [0.15, 0.2) is 42.0 Å². The third-order valence-electron chi connectivity index (χ3n) is 4.39. The fraction of sp³-hybridized carbons (Fsp3) is 0.312. The number of nitrogens with zero attached hydrogens (tertiary/aromatic N) is 2. The Labute approximate surface area is 150 Å². The van der Waals surface area contributed by atoms with Gasteiger partial charge in [-0.1, -0.05) is 12.1 Å². The number of anilines is 1. The molecule has 3 heterocycles. The maximum Gasteiger partial charge on any atom is 0.238 e. The molecule has 3 aromatic rings. The summed E-state index contributed by atoms with van der Waals surface area (Å²) in [6.45, 7) is 3.71. The van der Waals surface area contributed by atoms with Gasteiger partial charge in [-0.2, -0.15) is 0 Å². The Morgan fingerprint density at radius 2 is 2.00 bits per heavy atom. The lowest BCUT2D eigenvalue weighted by Gasteiger charge is -2.19. The van der Waals surface area contributed by atoms with Crippen LogP contribution in [0, 0.1) is 0 Å². The molecule has 4 rings (SSSR count). The highest BCUT2D eigenvalue weighted by atomic mass is 32.2. The number of benzene rings is 1. The maximum atomic E-state index is 12.8. The first-order chi connectivity index (χ1) is 11.9. The van der Waals surface area contributed by atoms with Gasteiger partial charge in [0.15, 0.2) is 4.96 Å². The molecule has 25 heavy (non-hydrogen) atoms. The van der Waals surface area contributed by atoms with Crippen LogP contribution >= 0.6 is 11.3 Å². The van der Waals surface area contributed by atoms with Crippen molar-refractivity contribution in [3.05, 3.63) is 42.0 Å². The van der Waals surface area contributed by atoms with E-state index in [9.17, 15) is 8.42 Å². The van der Waals surface area contributed by atoms with E-state index < -0.39 is 15.3 Å². The summed E-state index contributed by atoms with van der Waals surface area (Å²) >= 11 is 1.56. The number of hydrogen-bond acceptors (Lipinski definition) is 6. The molecule has 1 aliphatic heterocycles. The number of nitrogens with one attached hydrogen (secondary N) is 3. The Bertz CT molecular complexity index is 972. The zero-order valence-electron chi connectivity index (χ0n) is 13.8. The molecular weight excluding hydrogens is 358 g/mol. The first-order valence-corrected chi connectivity index (χ1v) is 10.4. The SMILES string of the molecule is CC1NNC(C)C1S(=O)(=O)Nc1cccc(-c2cn3ccsc3n2)c1. The molecule has 132 valence electrons. The number of fused-ring (bicyclic) bond motifs is 1. The highest BCUT2D eigenvalue weighted by Crippen LogP contribution is 2.26.